The summed E-state index contributed by atoms with van der Waals surface area (Å²) < 4.78 is 1.44. The second kappa shape index (κ2) is 6.65. The molecule has 110 valence electrons. The Balaban J connectivity index is 1.98. The van der Waals surface area contributed by atoms with E-state index in [-0.39, 0.29) is 11.2 Å². The second-order valence-corrected chi connectivity index (χ2v) is 5.42. The molecule has 6 heteroatoms. The van der Waals surface area contributed by atoms with Gasteiger partial charge in [0.1, 0.15) is 0 Å². The van der Waals surface area contributed by atoms with E-state index in [0.29, 0.717) is 6.54 Å². The van der Waals surface area contributed by atoms with E-state index in [1.54, 1.807) is 0 Å². The Bertz CT molecular complexity index is 523. The fourth-order valence-electron chi connectivity index (χ4n) is 2.33. The van der Waals surface area contributed by atoms with Crippen LogP contribution in [0.15, 0.2) is 23.1 Å². The Hall–Kier alpha value is -1.69. The van der Waals surface area contributed by atoms with E-state index >= 15 is 0 Å². The molecule has 0 atom stereocenters. The van der Waals surface area contributed by atoms with E-state index in [9.17, 15) is 14.9 Å². The Morgan fingerprint density at radius 2 is 2.15 bits per heavy atom. The van der Waals surface area contributed by atoms with Gasteiger partial charge in [-0.2, -0.15) is 0 Å². The lowest BCUT2D eigenvalue weighted by Crippen LogP contribution is -2.32. The zero-order valence-electron chi connectivity index (χ0n) is 11.8. The zero-order valence-corrected chi connectivity index (χ0v) is 11.8. The van der Waals surface area contributed by atoms with Gasteiger partial charge in [-0.15, -0.1) is 0 Å². The molecule has 6 nitrogen and oxygen atoms in total. The van der Waals surface area contributed by atoms with Crippen LogP contribution in [0.4, 0.5) is 5.69 Å². The first-order chi connectivity index (χ1) is 9.60. The number of hydrogen-bond acceptors (Lipinski definition) is 4. The van der Waals surface area contributed by atoms with Gasteiger partial charge in [0, 0.05) is 31.8 Å². The number of aromatic nitrogens is 1. The first-order valence-corrected chi connectivity index (χ1v) is 7.17. The van der Waals surface area contributed by atoms with Crippen molar-refractivity contribution in [2.45, 2.75) is 32.7 Å². The smallest absolute Gasteiger partial charge is 0.285 e. The fraction of sp³-hybridized carbons (Fsp3) is 0.643. The van der Waals surface area contributed by atoms with Crippen molar-refractivity contribution in [1.29, 1.82) is 0 Å². The van der Waals surface area contributed by atoms with Crippen LogP contribution >= 0.6 is 0 Å². The van der Waals surface area contributed by atoms with Gasteiger partial charge in [-0.3, -0.25) is 14.9 Å². The first-order valence-electron chi connectivity index (χ1n) is 7.17. The molecule has 2 rings (SSSR count). The topological polar surface area (TPSA) is 68.4 Å². The molecule has 0 N–H and O–H groups in total. The summed E-state index contributed by atoms with van der Waals surface area (Å²) in [7, 11) is 0. The number of nitrogens with zero attached hydrogens (tertiary/aromatic N) is 3. The third-order valence-corrected chi connectivity index (χ3v) is 3.59. The van der Waals surface area contributed by atoms with E-state index in [1.807, 2.05) is 0 Å². The van der Waals surface area contributed by atoms with Gasteiger partial charge in [-0.1, -0.05) is 6.92 Å². The Morgan fingerprint density at radius 3 is 2.75 bits per heavy atom. The van der Waals surface area contributed by atoms with Crippen molar-refractivity contribution in [2.75, 3.05) is 19.6 Å². The summed E-state index contributed by atoms with van der Waals surface area (Å²) >= 11 is 0. The summed E-state index contributed by atoms with van der Waals surface area (Å²) in [5.74, 6) is 0.809. The van der Waals surface area contributed by atoms with Crippen LogP contribution in [0.3, 0.4) is 0 Å². The van der Waals surface area contributed by atoms with Gasteiger partial charge >= 0.3 is 0 Å². The predicted octanol–water partition coefficient (Wildman–Crippen LogP) is 1.88. The average Bonchev–Trinajstić information content (AvgIpc) is 3.21. The number of pyridine rings is 1. The zero-order chi connectivity index (χ0) is 14.5. The van der Waals surface area contributed by atoms with Gasteiger partial charge in [0.05, 0.1) is 11.1 Å². The van der Waals surface area contributed by atoms with Crippen LogP contribution in [0.25, 0.3) is 0 Å². The van der Waals surface area contributed by atoms with Crippen LogP contribution in [-0.2, 0) is 6.54 Å². The van der Waals surface area contributed by atoms with Crippen molar-refractivity contribution in [3.8, 4) is 0 Å². The molecular weight excluding hydrogens is 258 g/mol. The van der Waals surface area contributed by atoms with Gasteiger partial charge in [-0.05, 0) is 31.7 Å². The molecule has 1 saturated carbocycles. The average molecular weight is 279 g/mol. The van der Waals surface area contributed by atoms with E-state index in [4.69, 9.17) is 0 Å². The molecule has 0 unspecified atom stereocenters. The molecule has 1 aromatic heterocycles. The van der Waals surface area contributed by atoms with Crippen LogP contribution < -0.4 is 5.56 Å². The molecule has 0 aliphatic heterocycles. The Labute approximate surface area is 118 Å². The van der Waals surface area contributed by atoms with Gasteiger partial charge in [0.2, 0.25) is 0 Å². The van der Waals surface area contributed by atoms with Crippen molar-refractivity contribution in [3.63, 3.8) is 0 Å². The lowest BCUT2D eigenvalue weighted by Gasteiger charge is -2.21. The molecule has 1 heterocycles. The maximum absolute atomic E-state index is 11.7. The Kier molecular flexibility index (Phi) is 4.89. The number of hydrogen-bond donors (Lipinski definition) is 0. The molecule has 1 aromatic rings. The predicted molar refractivity (Wildman–Crippen MR) is 76.8 cm³/mol. The van der Waals surface area contributed by atoms with Gasteiger partial charge in [0.15, 0.2) is 0 Å². The molecule has 1 aliphatic carbocycles. The maximum Gasteiger partial charge on any atom is 0.285 e. The summed E-state index contributed by atoms with van der Waals surface area (Å²) in [6.45, 7) is 5.51. The highest BCUT2D eigenvalue weighted by Gasteiger charge is 2.23. The van der Waals surface area contributed by atoms with E-state index in [2.05, 4.69) is 11.8 Å². The normalized spacial score (nSPS) is 14.7. The number of nitro groups is 1. The SMILES string of the molecule is CCCN(CCn1cc([N+](=O)[O-])ccc1=O)CC1CC1. The van der Waals surface area contributed by atoms with Crippen molar-refractivity contribution >= 4 is 5.69 Å². The number of rotatable bonds is 8. The minimum absolute atomic E-state index is 0.0335. The van der Waals surface area contributed by atoms with Crippen LogP contribution in [0, 0.1) is 16.0 Å². The largest absolute Gasteiger partial charge is 0.308 e. The van der Waals surface area contributed by atoms with E-state index in [1.165, 1.54) is 35.7 Å². The van der Waals surface area contributed by atoms with Crippen LogP contribution in [-0.4, -0.2) is 34.0 Å². The van der Waals surface area contributed by atoms with Gasteiger partial charge < -0.3 is 9.47 Å². The third-order valence-electron chi connectivity index (χ3n) is 3.59. The highest BCUT2D eigenvalue weighted by molar-refractivity contribution is 5.24. The van der Waals surface area contributed by atoms with E-state index < -0.39 is 4.92 Å². The molecule has 1 fully saturated rings. The lowest BCUT2D eigenvalue weighted by molar-refractivity contribution is -0.385. The standard InChI is InChI=1S/C14H21N3O3/c1-2-7-15(10-12-3-4-12)8-9-16-11-13(17(19)20)5-6-14(16)18/h5-6,11-12H,2-4,7-10H2,1H3. The Morgan fingerprint density at radius 1 is 1.40 bits per heavy atom. The minimum Gasteiger partial charge on any atom is -0.308 e. The second-order valence-electron chi connectivity index (χ2n) is 5.42. The van der Waals surface area contributed by atoms with E-state index in [0.717, 1.165) is 32.0 Å². The van der Waals surface area contributed by atoms with Gasteiger partial charge in [0.25, 0.3) is 11.2 Å². The first kappa shape index (κ1) is 14.7. The fourth-order valence-corrected chi connectivity index (χ4v) is 2.33. The van der Waals surface area contributed by atoms with Crippen molar-refractivity contribution in [1.82, 2.24) is 9.47 Å². The highest BCUT2D eigenvalue weighted by atomic mass is 16.6. The maximum atomic E-state index is 11.7. The van der Waals surface area contributed by atoms with Crippen molar-refractivity contribution < 1.29 is 4.92 Å². The molecule has 0 saturated heterocycles. The summed E-state index contributed by atoms with van der Waals surface area (Å²) in [5, 5.41) is 10.7. The third kappa shape index (κ3) is 4.16. The van der Waals surface area contributed by atoms with Gasteiger partial charge in [-0.25, -0.2) is 0 Å². The van der Waals surface area contributed by atoms with Crippen LogP contribution in [0.5, 0.6) is 0 Å². The minimum atomic E-state index is -0.468. The summed E-state index contributed by atoms with van der Waals surface area (Å²) in [6.07, 6.45) is 5.02. The van der Waals surface area contributed by atoms with Crippen molar-refractivity contribution in [2.24, 2.45) is 5.92 Å². The molecule has 0 amide bonds. The van der Waals surface area contributed by atoms with Crippen molar-refractivity contribution in [3.05, 3.63) is 38.8 Å². The molecule has 0 aromatic carbocycles. The quantitative estimate of drug-likeness (QED) is 0.538. The molecular formula is C14H21N3O3. The molecule has 0 bridgehead atoms. The summed E-state index contributed by atoms with van der Waals surface area (Å²) in [5.41, 5.74) is -0.215. The summed E-state index contributed by atoms with van der Waals surface area (Å²) in [4.78, 5) is 24.3. The molecule has 1 aliphatic rings. The molecule has 0 spiro atoms. The van der Waals surface area contributed by atoms with Crippen LogP contribution in [0.2, 0.25) is 0 Å². The van der Waals surface area contributed by atoms with Crippen LogP contribution in [0.1, 0.15) is 26.2 Å². The summed E-state index contributed by atoms with van der Waals surface area (Å²) in [6, 6.07) is 2.52. The molecule has 20 heavy (non-hydrogen) atoms. The highest BCUT2D eigenvalue weighted by Crippen LogP contribution is 2.29. The lowest BCUT2D eigenvalue weighted by atomic mass is 10.3. The monoisotopic (exact) mass is 279 g/mol. The molecule has 0 radical (unpaired) electrons.